The van der Waals surface area contributed by atoms with E-state index in [1.165, 1.54) is 32.1 Å². The maximum atomic E-state index is 11.6. The lowest BCUT2D eigenvalue weighted by Gasteiger charge is -2.15. The summed E-state index contributed by atoms with van der Waals surface area (Å²) in [6.45, 7) is 6.95. The topological polar surface area (TPSA) is 35.5 Å². The van der Waals surface area contributed by atoms with Crippen molar-refractivity contribution in [2.75, 3.05) is 13.2 Å². The molecule has 3 nitrogen and oxygen atoms in total. The molecule has 0 aromatic rings. The Morgan fingerprint density at radius 2 is 1.59 bits per heavy atom. The Morgan fingerprint density at radius 1 is 0.941 bits per heavy atom. The molecule has 1 unspecified atom stereocenters. The zero-order valence-electron chi connectivity index (χ0n) is 11.7. The van der Waals surface area contributed by atoms with Gasteiger partial charge < -0.3 is 9.47 Å². The van der Waals surface area contributed by atoms with Crippen LogP contribution in [-0.2, 0) is 14.3 Å². The van der Waals surface area contributed by atoms with E-state index >= 15 is 0 Å². The molecule has 17 heavy (non-hydrogen) atoms. The zero-order valence-corrected chi connectivity index (χ0v) is 11.7. The SMILES string of the molecule is CCCCCCCCC(OCC)C(=O)OCC. The standard InChI is InChI=1S/C14H28O3/c1-4-7-8-9-10-11-12-13(16-5-2)14(15)17-6-3/h13H,4-12H2,1-3H3. The third kappa shape index (κ3) is 9.16. The number of carbonyl (C=O) groups is 1. The first-order valence-electron chi connectivity index (χ1n) is 7.04. The Labute approximate surface area is 106 Å². The lowest BCUT2D eigenvalue weighted by molar-refractivity contribution is -0.156. The Hall–Kier alpha value is -0.570. The van der Waals surface area contributed by atoms with E-state index < -0.39 is 0 Å². The number of carbonyl (C=O) groups excluding carboxylic acids is 1. The molecule has 0 saturated carbocycles. The van der Waals surface area contributed by atoms with Crippen molar-refractivity contribution in [1.29, 1.82) is 0 Å². The number of ether oxygens (including phenoxy) is 2. The van der Waals surface area contributed by atoms with Crippen molar-refractivity contribution >= 4 is 5.97 Å². The molecule has 0 aliphatic carbocycles. The van der Waals surface area contributed by atoms with Crippen LogP contribution in [0, 0.1) is 0 Å². The van der Waals surface area contributed by atoms with Crippen molar-refractivity contribution in [3.05, 3.63) is 0 Å². The molecule has 0 bridgehead atoms. The largest absolute Gasteiger partial charge is 0.464 e. The molecule has 3 heteroatoms. The average molecular weight is 244 g/mol. The third-order valence-electron chi connectivity index (χ3n) is 2.74. The summed E-state index contributed by atoms with van der Waals surface area (Å²) < 4.78 is 10.4. The fourth-order valence-electron chi connectivity index (χ4n) is 1.82. The van der Waals surface area contributed by atoms with Crippen LogP contribution in [0.4, 0.5) is 0 Å². The maximum Gasteiger partial charge on any atom is 0.335 e. The minimum absolute atomic E-state index is 0.206. The van der Waals surface area contributed by atoms with Gasteiger partial charge in [-0.2, -0.15) is 0 Å². The van der Waals surface area contributed by atoms with Crippen LogP contribution in [0.15, 0.2) is 0 Å². The number of unbranched alkanes of at least 4 members (excludes halogenated alkanes) is 5. The minimum Gasteiger partial charge on any atom is -0.464 e. The van der Waals surface area contributed by atoms with E-state index in [1.807, 2.05) is 13.8 Å². The minimum atomic E-state index is -0.355. The summed E-state index contributed by atoms with van der Waals surface area (Å²) in [4.78, 5) is 11.6. The molecule has 1 atom stereocenters. The van der Waals surface area contributed by atoms with Crippen LogP contribution in [0.1, 0.15) is 65.7 Å². The molecule has 0 aliphatic rings. The van der Waals surface area contributed by atoms with E-state index in [2.05, 4.69) is 6.92 Å². The summed E-state index contributed by atoms with van der Waals surface area (Å²) in [5, 5.41) is 0. The molecule has 0 aromatic heterocycles. The Kier molecular flexibility index (Phi) is 11.5. The maximum absolute atomic E-state index is 11.6. The predicted octanol–water partition coefficient (Wildman–Crippen LogP) is 3.71. The second-order valence-corrected chi connectivity index (χ2v) is 4.25. The van der Waals surface area contributed by atoms with Crippen molar-refractivity contribution in [3.8, 4) is 0 Å². The van der Waals surface area contributed by atoms with Gasteiger partial charge in [0.1, 0.15) is 0 Å². The summed E-state index contributed by atoms with van der Waals surface area (Å²) in [6, 6.07) is 0. The first kappa shape index (κ1) is 16.4. The molecule has 0 rings (SSSR count). The van der Waals surface area contributed by atoms with E-state index in [1.54, 1.807) is 0 Å². The zero-order chi connectivity index (χ0) is 12.9. The lowest BCUT2D eigenvalue weighted by Crippen LogP contribution is -2.26. The van der Waals surface area contributed by atoms with Gasteiger partial charge in [-0.1, -0.05) is 45.4 Å². The van der Waals surface area contributed by atoms with Crippen LogP contribution >= 0.6 is 0 Å². The van der Waals surface area contributed by atoms with E-state index in [-0.39, 0.29) is 12.1 Å². The fourth-order valence-corrected chi connectivity index (χ4v) is 1.82. The molecule has 0 aromatic carbocycles. The molecule has 0 N–H and O–H groups in total. The molecule has 0 saturated heterocycles. The lowest BCUT2D eigenvalue weighted by atomic mass is 10.1. The van der Waals surface area contributed by atoms with Crippen LogP contribution in [0.3, 0.4) is 0 Å². The molecular weight excluding hydrogens is 216 g/mol. The van der Waals surface area contributed by atoms with Crippen LogP contribution in [0.5, 0.6) is 0 Å². The Balaban J connectivity index is 3.65. The summed E-state index contributed by atoms with van der Waals surface area (Å²) in [5.74, 6) is -0.206. The Morgan fingerprint density at radius 3 is 2.18 bits per heavy atom. The van der Waals surface area contributed by atoms with Crippen LogP contribution < -0.4 is 0 Å². The van der Waals surface area contributed by atoms with Gasteiger partial charge in [-0.25, -0.2) is 4.79 Å². The number of hydrogen-bond acceptors (Lipinski definition) is 3. The second kappa shape index (κ2) is 11.9. The number of hydrogen-bond donors (Lipinski definition) is 0. The van der Waals surface area contributed by atoms with E-state index in [0.29, 0.717) is 13.2 Å². The molecule has 0 fully saturated rings. The van der Waals surface area contributed by atoms with Gasteiger partial charge in [-0.3, -0.25) is 0 Å². The highest BCUT2D eigenvalue weighted by molar-refractivity contribution is 5.74. The predicted molar refractivity (Wildman–Crippen MR) is 70.0 cm³/mol. The monoisotopic (exact) mass is 244 g/mol. The summed E-state index contributed by atoms with van der Waals surface area (Å²) >= 11 is 0. The second-order valence-electron chi connectivity index (χ2n) is 4.25. The van der Waals surface area contributed by atoms with Crippen molar-refractivity contribution in [2.24, 2.45) is 0 Å². The van der Waals surface area contributed by atoms with Gasteiger partial charge in [0, 0.05) is 6.61 Å². The third-order valence-corrected chi connectivity index (χ3v) is 2.74. The molecular formula is C14H28O3. The van der Waals surface area contributed by atoms with Gasteiger partial charge in [0.2, 0.25) is 0 Å². The smallest absolute Gasteiger partial charge is 0.335 e. The number of esters is 1. The first-order chi connectivity index (χ1) is 8.26. The van der Waals surface area contributed by atoms with Crippen LogP contribution in [0.25, 0.3) is 0 Å². The number of rotatable bonds is 11. The van der Waals surface area contributed by atoms with Crippen LogP contribution in [0.2, 0.25) is 0 Å². The van der Waals surface area contributed by atoms with E-state index in [4.69, 9.17) is 9.47 Å². The van der Waals surface area contributed by atoms with Crippen molar-refractivity contribution in [2.45, 2.75) is 71.8 Å². The highest BCUT2D eigenvalue weighted by Gasteiger charge is 2.18. The molecule has 0 amide bonds. The van der Waals surface area contributed by atoms with Gasteiger partial charge in [-0.05, 0) is 20.3 Å². The van der Waals surface area contributed by atoms with E-state index in [9.17, 15) is 4.79 Å². The van der Waals surface area contributed by atoms with Gasteiger partial charge in [0.05, 0.1) is 6.61 Å². The van der Waals surface area contributed by atoms with Gasteiger partial charge >= 0.3 is 5.97 Å². The molecule has 0 heterocycles. The molecule has 0 aliphatic heterocycles. The highest BCUT2D eigenvalue weighted by atomic mass is 16.6. The molecule has 0 radical (unpaired) electrons. The Bertz CT molecular complexity index is 180. The van der Waals surface area contributed by atoms with Crippen molar-refractivity contribution in [3.63, 3.8) is 0 Å². The summed E-state index contributed by atoms with van der Waals surface area (Å²) in [6.07, 6.45) is 7.81. The highest BCUT2D eigenvalue weighted by Crippen LogP contribution is 2.11. The summed E-state index contributed by atoms with van der Waals surface area (Å²) in [5.41, 5.74) is 0. The van der Waals surface area contributed by atoms with Crippen molar-refractivity contribution < 1.29 is 14.3 Å². The van der Waals surface area contributed by atoms with Gasteiger partial charge in [0.25, 0.3) is 0 Å². The molecule has 0 spiro atoms. The average Bonchev–Trinajstić information content (AvgIpc) is 2.32. The quantitative estimate of drug-likeness (QED) is 0.410. The fraction of sp³-hybridized carbons (Fsp3) is 0.929. The molecule has 102 valence electrons. The van der Waals surface area contributed by atoms with Crippen molar-refractivity contribution in [1.82, 2.24) is 0 Å². The van der Waals surface area contributed by atoms with E-state index in [0.717, 1.165) is 12.8 Å². The van der Waals surface area contributed by atoms with Gasteiger partial charge in [0.15, 0.2) is 6.10 Å². The van der Waals surface area contributed by atoms with Gasteiger partial charge in [-0.15, -0.1) is 0 Å². The van der Waals surface area contributed by atoms with Crippen LogP contribution in [-0.4, -0.2) is 25.3 Å². The normalized spacial score (nSPS) is 12.4. The summed E-state index contributed by atoms with van der Waals surface area (Å²) in [7, 11) is 0. The first-order valence-corrected chi connectivity index (χ1v) is 7.04.